The molecule has 3 fully saturated rings. The van der Waals surface area contributed by atoms with Crippen LogP contribution < -0.4 is 0 Å². The lowest BCUT2D eigenvalue weighted by molar-refractivity contribution is -0.135. The highest BCUT2D eigenvalue weighted by Gasteiger charge is 2.54. The largest absolute Gasteiger partial charge is 0.367 e. The van der Waals surface area contributed by atoms with Crippen LogP contribution in [0, 0.1) is 40.4 Å². The van der Waals surface area contributed by atoms with E-state index in [1.165, 1.54) is 44.9 Å². The van der Waals surface area contributed by atoms with Crippen molar-refractivity contribution in [2.75, 3.05) is 12.2 Å². The van der Waals surface area contributed by atoms with Gasteiger partial charge in [-0.15, -0.1) is 11.8 Å². The second-order valence-corrected chi connectivity index (χ2v) is 11.0. The van der Waals surface area contributed by atoms with E-state index in [1.807, 2.05) is 11.8 Å². The molecule has 7 atom stereocenters. The zero-order valence-corrected chi connectivity index (χ0v) is 17.8. The van der Waals surface area contributed by atoms with Gasteiger partial charge < -0.3 is 4.74 Å². The molecule has 0 aromatic heterocycles. The molecule has 24 heavy (non-hydrogen) atoms. The summed E-state index contributed by atoms with van der Waals surface area (Å²) in [4.78, 5) is 0. The van der Waals surface area contributed by atoms with E-state index in [1.54, 1.807) is 0 Å². The minimum Gasteiger partial charge on any atom is -0.367 e. The van der Waals surface area contributed by atoms with Gasteiger partial charge in [0.05, 0.1) is 12.0 Å². The molecule has 2 heteroatoms. The molecule has 0 heterocycles. The highest BCUT2D eigenvalue weighted by Crippen LogP contribution is 2.60. The summed E-state index contributed by atoms with van der Waals surface area (Å²) >= 11 is 1.84. The monoisotopic (exact) mass is 352 g/mol. The van der Waals surface area contributed by atoms with Crippen LogP contribution in [0.4, 0.5) is 0 Å². The average molecular weight is 353 g/mol. The molecule has 2 bridgehead atoms. The van der Waals surface area contributed by atoms with Crippen LogP contribution in [0.2, 0.25) is 0 Å². The molecule has 0 spiro atoms. The van der Waals surface area contributed by atoms with Gasteiger partial charge in [-0.25, -0.2) is 0 Å². The summed E-state index contributed by atoms with van der Waals surface area (Å²) in [6.07, 6.45) is 12.5. The molecule has 1 nitrogen and oxygen atoms in total. The second-order valence-electron chi connectivity index (χ2n) is 10.2. The third-order valence-electron chi connectivity index (χ3n) is 8.74. The van der Waals surface area contributed by atoms with E-state index < -0.39 is 0 Å². The van der Waals surface area contributed by atoms with Gasteiger partial charge in [0.15, 0.2) is 0 Å². The molecule has 0 aromatic rings. The Morgan fingerprint density at radius 3 is 2.29 bits per heavy atom. The van der Waals surface area contributed by atoms with Crippen LogP contribution in [0.3, 0.4) is 0 Å². The van der Waals surface area contributed by atoms with Gasteiger partial charge in [-0.1, -0.05) is 41.0 Å². The van der Waals surface area contributed by atoms with Crippen LogP contribution in [0.15, 0.2) is 0 Å². The molecular weight excluding hydrogens is 312 g/mol. The van der Waals surface area contributed by atoms with Crippen LogP contribution in [0.25, 0.3) is 0 Å². The Morgan fingerprint density at radius 1 is 0.917 bits per heavy atom. The molecular formula is C22H40OS. The Bertz CT molecular complexity index is 432. The fourth-order valence-electron chi connectivity index (χ4n) is 7.03. The summed E-state index contributed by atoms with van der Waals surface area (Å²) in [6, 6.07) is 0. The predicted molar refractivity (Wildman–Crippen MR) is 106 cm³/mol. The highest BCUT2D eigenvalue weighted by molar-refractivity contribution is 7.98. The number of rotatable bonds is 3. The maximum Gasteiger partial charge on any atom is 0.0922 e. The van der Waals surface area contributed by atoms with Gasteiger partial charge in [-0.2, -0.15) is 0 Å². The minimum absolute atomic E-state index is 0.400. The van der Waals surface area contributed by atoms with Gasteiger partial charge in [0, 0.05) is 0 Å². The molecule has 0 aromatic carbocycles. The van der Waals surface area contributed by atoms with Crippen molar-refractivity contribution < 1.29 is 4.74 Å². The number of hydrogen-bond donors (Lipinski definition) is 0. The average Bonchev–Trinajstić information content (AvgIpc) is 2.51. The molecule has 0 aliphatic heterocycles. The Hall–Kier alpha value is 0.310. The number of fused-ring (bicyclic) bond motifs is 3. The van der Waals surface area contributed by atoms with E-state index in [-0.39, 0.29) is 0 Å². The summed E-state index contributed by atoms with van der Waals surface area (Å²) in [7, 11) is 0. The first-order valence-electron chi connectivity index (χ1n) is 10.4. The van der Waals surface area contributed by atoms with Crippen LogP contribution in [0.5, 0.6) is 0 Å². The van der Waals surface area contributed by atoms with Crippen LogP contribution in [-0.4, -0.2) is 18.3 Å². The predicted octanol–water partition coefficient (Wildman–Crippen LogP) is 6.62. The lowest BCUT2D eigenvalue weighted by atomic mass is 9.48. The first kappa shape index (κ1) is 19.1. The molecule has 3 saturated carbocycles. The lowest BCUT2D eigenvalue weighted by Crippen LogP contribution is -2.53. The van der Waals surface area contributed by atoms with E-state index in [9.17, 15) is 0 Å². The summed E-state index contributed by atoms with van der Waals surface area (Å²) in [5, 5.41) is 0. The number of thioether (sulfide) groups is 1. The van der Waals surface area contributed by atoms with E-state index >= 15 is 0 Å². The van der Waals surface area contributed by atoms with E-state index in [0.717, 1.165) is 35.5 Å². The summed E-state index contributed by atoms with van der Waals surface area (Å²) in [5.74, 6) is 5.34. The Balaban J connectivity index is 1.89. The minimum atomic E-state index is 0.400. The van der Waals surface area contributed by atoms with Crippen molar-refractivity contribution in [1.29, 1.82) is 0 Å². The molecule has 3 rings (SSSR count). The van der Waals surface area contributed by atoms with Gasteiger partial charge in [-0.05, 0) is 85.2 Å². The van der Waals surface area contributed by atoms with Crippen molar-refractivity contribution in [2.45, 2.75) is 85.7 Å². The Morgan fingerprint density at radius 2 is 1.58 bits per heavy atom. The third-order valence-corrected chi connectivity index (χ3v) is 9.11. The summed E-state index contributed by atoms with van der Waals surface area (Å²) in [5.41, 5.74) is 0.934. The third kappa shape index (κ3) is 3.20. The first-order chi connectivity index (χ1) is 11.3. The van der Waals surface area contributed by atoms with Crippen molar-refractivity contribution in [2.24, 2.45) is 40.4 Å². The van der Waals surface area contributed by atoms with Gasteiger partial charge >= 0.3 is 0 Å². The zero-order chi connectivity index (χ0) is 17.5. The summed E-state index contributed by atoms with van der Waals surface area (Å²) < 4.78 is 6.41. The molecule has 3 aliphatic carbocycles. The quantitative estimate of drug-likeness (QED) is 0.528. The van der Waals surface area contributed by atoms with Crippen molar-refractivity contribution in [1.82, 2.24) is 0 Å². The van der Waals surface area contributed by atoms with E-state index in [2.05, 4.69) is 40.9 Å². The van der Waals surface area contributed by atoms with Crippen LogP contribution in [-0.2, 0) is 4.74 Å². The fourth-order valence-corrected chi connectivity index (χ4v) is 7.33. The zero-order valence-electron chi connectivity index (χ0n) is 16.9. The molecule has 3 aliphatic rings. The highest BCUT2D eigenvalue weighted by atomic mass is 32.2. The van der Waals surface area contributed by atoms with Crippen LogP contribution in [0.1, 0.15) is 79.6 Å². The second kappa shape index (κ2) is 7.14. The van der Waals surface area contributed by atoms with E-state index in [4.69, 9.17) is 4.74 Å². The standard InChI is InChI=1S/C22H40OS/c1-15-7-9-17-13-19-16(2)8-10-20(23-14-24-6)22(19,5)12-11-18(15)21(17,3)4/h15-20H,7-14H2,1-6H3/t15-,16-,17+,18+,19-,20?,22+/m1/s1. The molecule has 1 unspecified atom stereocenters. The smallest absolute Gasteiger partial charge is 0.0922 e. The van der Waals surface area contributed by atoms with Crippen molar-refractivity contribution in [3.8, 4) is 0 Å². The number of ether oxygens (including phenoxy) is 1. The topological polar surface area (TPSA) is 9.23 Å². The van der Waals surface area contributed by atoms with Gasteiger partial charge in [0.2, 0.25) is 0 Å². The molecule has 0 amide bonds. The maximum atomic E-state index is 6.41. The van der Waals surface area contributed by atoms with Crippen molar-refractivity contribution >= 4 is 11.8 Å². The molecule has 140 valence electrons. The van der Waals surface area contributed by atoms with Gasteiger partial charge in [0.25, 0.3) is 0 Å². The normalized spacial score (nSPS) is 48.2. The Kier molecular flexibility index (Phi) is 5.68. The van der Waals surface area contributed by atoms with Crippen molar-refractivity contribution in [3.63, 3.8) is 0 Å². The lowest BCUT2D eigenvalue weighted by Gasteiger charge is -2.58. The maximum absolute atomic E-state index is 6.41. The van der Waals surface area contributed by atoms with Gasteiger partial charge in [-0.3, -0.25) is 0 Å². The fraction of sp³-hybridized carbons (Fsp3) is 1.00. The van der Waals surface area contributed by atoms with E-state index in [0.29, 0.717) is 16.9 Å². The summed E-state index contributed by atoms with van der Waals surface area (Å²) in [6.45, 7) is 12.8. The SMILES string of the molecule is CSCOC1CC[C@@H](C)[C@H]2C[C@@H]3CC[C@@H](C)[C@H](CC[C@]12C)C3(C)C. The number of hydrogen-bond acceptors (Lipinski definition) is 2. The molecule has 0 saturated heterocycles. The van der Waals surface area contributed by atoms with Crippen LogP contribution >= 0.6 is 11.8 Å². The molecule has 0 N–H and O–H groups in total. The van der Waals surface area contributed by atoms with Gasteiger partial charge in [0.1, 0.15) is 0 Å². The molecule has 0 radical (unpaired) electrons. The Labute approximate surface area is 155 Å². The van der Waals surface area contributed by atoms with Crippen molar-refractivity contribution in [3.05, 3.63) is 0 Å². The first-order valence-corrected chi connectivity index (χ1v) is 11.8.